The third-order valence-electron chi connectivity index (χ3n) is 3.88. The molecule has 1 atom stereocenters. The average Bonchev–Trinajstić information content (AvgIpc) is 3.18. The van der Waals surface area contributed by atoms with Gasteiger partial charge in [-0.15, -0.1) is 6.58 Å². The molecule has 126 valence electrons. The smallest absolute Gasteiger partial charge is 0.320 e. The van der Waals surface area contributed by atoms with Crippen molar-refractivity contribution in [3.8, 4) is 0 Å². The number of aryl methyl sites for hydroxylation is 1. The molecule has 0 fully saturated rings. The Kier molecular flexibility index (Phi) is 4.69. The van der Waals surface area contributed by atoms with Crippen molar-refractivity contribution in [1.29, 1.82) is 0 Å². The number of unbranched alkanes of at least 4 members (excludes halogenated alkanes) is 1. The molecular weight excluding hydrogens is 314 g/mol. The van der Waals surface area contributed by atoms with Crippen molar-refractivity contribution in [2.45, 2.75) is 38.7 Å². The lowest BCUT2D eigenvalue weighted by Crippen LogP contribution is -2.10. The molecule has 0 amide bonds. The number of halogens is 2. The molecule has 0 N–H and O–H groups in total. The van der Waals surface area contributed by atoms with Crippen LogP contribution in [0.4, 0.5) is 8.78 Å². The van der Waals surface area contributed by atoms with Crippen molar-refractivity contribution in [3.63, 3.8) is 0 Å². The summed E-state index contributed by atoms with van der Waals surface area (Å²) in [6.45, 7) is 2.73. The van der Waals surface area contributed by atoms with Gasteiger partial charge >= 0.3 is 6.55 Å². The fraction of sp³-hybridized carbons (Fsp3) is 0.353. The number of aromatic nitrogens is 4. The molecule has 0 aliphatic carbocycles. The molecule has 2 aromatic heterocycles. The highest BCUT2D eigenvalue weighted by Gasteiger charge is 2.25. The predicted molar refractivity (Wildman–Crippen MR) is 85.9 cm³/mol. The summed E-state index contributed by atoms with van der Waals surface area (Å²) in [4.78, 5) is 8.66. The monoisotopic (exact) mass is 332 g/mol. The molecule has 3 aromatic rings. The van der Waals surface area contributed by atoms with Crippen molar-refractivity contribution in [2.24, 2.45) is 0 Å². The SMILES string of the molecule is C=CCCCc1nc(C(C)c2nc3ccccc3n2C(F)F)no1. The lowest BCUT2D eigenvalue weighted by molar-refractivity contribution is 0.0708. The molecule has 3 rings (SSSR count). The van der Waals surface area contributed by atoms with Gasteiger partial charge in [-0.3, -0.25) is 4.57 Å². The lowest BCUT2D eigenvalue weighted by atomic mass is 10.1. The van der Waals surface area contributed by atoms with Crippen LogP contribution in [0.15, 0.2) is 41.4 Å². The quantitative estimate of drug-likeness (QED) is 0.473. The number of benzene rings is 1. The van der Waals surface area contributed by atoms with E-state index < -0.39 is 12.5 Å². The van der Waals surface area contributed by atoms with Gasteiger partial charge in [-0.25, -0.2) is 4.98 Å². The molecule has 0 spiro atoms. The van der Waals surface area contributed by atoms with Crippen LogP contribution in [0.25, 0.3) is 11.0 Å². The Morgan fingerprint density at radius 3 is 2.83 bits per heavy atom. The molecule has 1 unspecified atom stereocenters. The molecule has 1 aromatic carbocycles. The maximum absolute atomic E-state index is 13.5. The molecule has 2 heterocycles. The molecular formula is C17H18F2N4O. The van der Waals surface area contributed by atoms with Gasteiger partial charge in [0.05, 0.1) is 17.0 Å². The van der Waals surface area contributed by atoms with E-state index in [-0.39, 0.29) is 5.82 Å². The Hall–Kier alpha value is -2.57. The maximum Gasteiger partial charge on any atom is 0.320 e. The third kappa shape index (κ3) is 3.06. The van der Waals surface area contributed by atoms with E-state index in [0.717, 1.165) is 17.4 Å². The average molecular weight is 332 g/mol. The van der Waals surface area contributed by atoms with Gasteiger partial charge in [0.25, 0.3) is 0 Å². The van der Waals surface area contributed by atoms with Gasteiger partial charge in [0.2, 0.25) is 5.89 Å². The van der Waals surface area contributed by atoms with Crippen LogP contribution < -0.4 is 0 Å². The minimum absolute atomic E-state index is 0.227. The first-order valence-corrected chi connectivity index (χ1v) is 7.80. The van der Waals surface area contributed by atoms with Gasteiger partial charge in [-0.1, -0.05) is 23.4 Å². The van der Waals surface area contributed by atoms with Gasteiger partial charge in [-0.05, 0) is 31.9 Å². The van der Waals surface area contributed by atoms with E-state index in [1.165, 1.54) is 0 Å². The zero-order valence-electron chi connectivity index (χ0n) is 13.3. The molecule has 0 saturated heterocycles. The van der Waals surface area contributed by atoms with Crippen molar-refractivity contribution in [1.82, 2.24) is 19.7 Å². The summed E-state index contributed by atoms with van der Waals surface area (Å²) in [5, 5.41) is 3.93. The molecule has 5 nitrogen and oxygen atoms in total. The Bertz CT molecular complexity index is 840. The number of nitrogens with zero attached hydrogens (tertiary/aromatic N) is 4. The van der Waals surface area contributed by atoms with E-state index in [2.05, 4.69) is 21.7 Å². The van der Waals surface area contributed by atoms with Crippen LogP contribution in [0.3, 0.4) is 0 Å². The topological polar surface area (TPSA) is 56.7 Å². The van der Waals surface area contributed by atoms with Crippen molar-refractivity contribution in [3.05, 3.63) is 54.5 Å². The molecule has 0 aliphatic rings. The molecule has 0 saturated carbocycles. The minimum atomic E-state index is -2.69. The molecule has 0 bridgehead atoms. The Morgan fingerprint density at radius 1 is 1.29 bits per heavy atom. The van der Waals surface area contributed by atoms with Crippen LogP contribution in [0, 0.1) is 0 Å². The van der Waals surface area contributed by atoms with Crippen LogP contribution in [-0.4, -0.2) is 19.7 Å². The van der Waals surface area contributed by atoms with Gasteiger partial charge < -0.3 is 4.52 Å². The van der Waals surface area contributed by atoms with Crippen molar-refractivity contribution in [2.75, 3.05) is 0 Å². The zero-order valence-corrected chi connectivity index (χ0v) is 13.3. The van der Waals surface area contributed by atoms with Gasteiger partial charge in [0, 0.05) is 6.42 Å². The first-order chi connectivity index (χ1) is 11.6. The minimum Gasteiger partial charge on any atom is -0.339 e. The summed E-state index contributed by atoms with van der Waals surface area (Å²) in [5.74, 6) is 0.590. The van der Waals surface area contributed by atoms with E-state index in [1.54, 1.807) is 31.2 Å². The number of imidazole rings is 1. The largest absolute Gasteiger partial charge is 0.339 e. The second-order valence-corrected chi connectivity index (χ2v) is 5.56. The maximum atomic E-state index is 13.5. The first-order valence-electron chi connectivity index (χ1n) is 7.80. The number of hydrogen-bond donors (Lipinski definition) is 0. The summed E-state index contributed by atoms with van der Waals surface area (Å²) in [5.41, 5.74) is 0.915. The van der Waals surface area contributed by atoms with Gasteiger partial charge in [0.15, 0.2) is 5.82 Å². The summed E-state index contributed by atoms with van der Waals surface area (Å²) in [7, 11) is 0. The number of para-hydroxylation sites is 2. The van der Waals surface area contributed by atoms with Crippen LogP contribution in [0.5, 0.6) is 0 Å². The summed E-state index contributed by atoms with van der Waals surface area (Å²) in [6.07, 6.45) is 4.17. The lowest BCUT2D eigenvalue weighted by Gasteiger charge is -2.10. The number of fused-ring (bicyclic) bond motifs is 1. The standard InChI is InChI=1S/C17H18F2N4O/c1-3-4-5-10-14-21-15(22-24-14)11(2)16-20-12-8-6-7-9-13(12)23(16)17(18)19/h3,6-9,11,17H,1,4-5,10H2,2H3. The van der Waals surface area contributed by atoms with Crippen molar-refractivity contribution >= 4 is 11.0 Å². The zero-order chi connectivity index (χ0) is 17.1. The van der Waals surface area contributed by atoms with Crippen LogP contribution in [0.1, 0.15) is 49.8 Å². The normalized spacial score (nSPS) is 12.8. The number of hydrogen-bond acceptors (Lipinski definition) is 4. The highest BCUT2D eigenvalue weighted by molar-refractivity contribution is 5.76. The molecule has 24 heavy (non-hydrogen) atoms. The summed E-state index contributed by atoms with van der Waals surface area (Å²) < 4.78 is 33.2. The number of alkyl halides is 2. The van der Waals surface area contributed by atoms with Gasteiger partial charge in [0.1, 0.15) is 5.82 Å². The molecule has 0 aliphatic heterocycles. The van der Waals surface area contributed by atoms with E-state index in [4.69, 9.17) is 4.52 Å². The second kappa shape index (κ2) is 6.90. The molecule has 7 heteroatoms. The number of rotatable bonds is 7. The van der Waals surface area contributed by atoms with E-state index in [0.29, 0.717) is 29.2 Å². The van der Waals surface area contributed by atoms with Crippen LogP contribution in [-0.2, 0) is 6.42 Å². The second-order valence-electron chi connectivity index (χ2n) is 5.56. The third-order valence-corrected chi connectivity index (χ3v) is 3.88. The first kappa shape index (κ1) is 16.3. The Labute approximate surface area is 138 Å². The van der Waals surface area contributed by atoms with E-state index in [9.17, 15) is 8.78 Å². The Morgan fingerprint density at radius 2 is 2.08 bits per heavy atom. The predicted octanol–water partition coefficient (Wildman–Crippen LogP) is 4.47. The summed E-state index contributed by atoms with van der Waals surface area (Å²) >= 11 is 0. The molecule has 0 radical (unpaired) electrons. The van der Waals surface area contributed by atoms with E-state index in [1.807, 2.05) is 6.08 Å². The van der Waals surface area contributed by atoms with Crippen molar-refractivity contribution < 1.29 is 13.3 Å². The number of allylic oxidation sites excluding steroid dienone is 1. The van der Waals surface area contributed by atoms with Gasteiger partial charge in [-0.2, -0.15) is 13.8 Å². The van der Waals surface area contributed by atoms with E-state index >= 15 is 0 Å². The van der Waals surface area contributed by atoms with Crippen LogP contribution in [0.2, 0.25) is 0 Å². The van der Waals surface area contributed by atoms with Crippen LogP contribution >= 0.6 is 0 Å². The summed E-state index contributed by atoms with van der Waals surface area (Å²) in [6, 6.07) is 6.82. The fourth-order valence-corrected chi connectivity index (χ4v) is 2.63. The fourth-order valence-electron chi connectivity index (χ4n) is 2.63. The highest BCUT2D eigenvalue weighted by atomic mass is 19.3. The Balaban J connectivity index is 1.92. The highest BCUT2D eigenvalue weighted by Crippen LogP contribution is 2.30.